The summed E-state index contributed by atoms with van der Waals surface area (Å²) >= 11 is 0. The monoisotopic (exact) mass is 276 g/mol. The van der Waals surface area contributed by atoms with E-state index in [1.54, 1.807) is 0 Å². The first-order valence-corrected chi connectivity index (χ1v) is 7.39. The molecule has 4 heteroatoms. The van der Waals surface area contributed by atoms with Crippen molar-refractivity contribution >= 4 is 5.91 Å². The van der Waals surface area contributed by atoms with E-state index in [1.165, 1.54) is 11.1 Å². The molecule has 1 amide bonds. The molecule has 1 aromatic carbocycles. The number of ether oxygens (including phenoxy) is 1. The summed E-state index contributed by atoms with van der Waals surface area (Å²) in [6.07, 6.45) is 3.25. The van der Waals surface area contributed by atoms with Crippen molar-refractivity contribution in [1.29, 1.82) is 0 Å². The van der Waals surface area contributed by atoms with Gasteiger partial charge >= 0.3 is 0 Å². The Labute approximate surface area is 120 Å². The molecule has 0 spiro atoms. The Morgan fingerprint density at radius 2 is 1.95 bits per heavy atom. The van der Waals surface area contributed by atoms with Crippen LogP contribution >= 0.6 is 0 Å². The largest absolute Gasteiger partial charge is 0.370 e. The molecule has 0 unspecified atom stereocenters. The van der Waals surface area contributed by atoms with Crippen molar-refractivity contribution in [1.82, 2.24) is 4.90 Å². The zero-order valence-electron chi connectivity index (χ0n) is 12.2. The molecule has 1 fully saturated rings. The molecule has 0 bridgehead atoms. The molecule has 1 aliphatic rings. The summed E-state index contributed by atoms with van der Waals surface area (Å²) in [5, 5.41) is 0. The first-order chi connectivity index (χ1) is 9.74. The Kier molecular flexibility index (Phi) is 5.56. The zero-order valence-corrected chi connectivity index (χ0v) is 12.2. The highest BCUT2D eigenvalue weighted by atomic mass is 16.5. The minimum Gasteiger partial charge on any atom is -0.370 e. The van der Waals surface area contributed by atoms with Crippen LogP contribution in [0.25, 0.3) is 0 Å². The maximum absolute atomic E-state index is 12.2. The summed E-state index contributed by atoms with van der Waals surface area (Å²) in [6, 6.07) is 8.89. The lowest BCUT2D eigenvalue weighted by Gasteiger charge is -2.22. The van der Waals surface area contributed by atoms with E-state index in [9.17, 15) is 4.79 Å². The number of carbonyl (C=O) groups excluding carboxylic acids is 1. The third-order valence-corrected chi connectivity index (χ3v) is 3.58. The number of nitrogens with two attached hydrogens (primary N) is 1. The van der Waals surface area contributed by atoms with Crippen LogP contribution in [-0.4, -0.2) is 36.6 Å². The third kappa shape index (κ3) is 4.32. The van der Waals surface area contributed by atoms with E-state index in [0.29, 0.717) is 25.7 Å². The molecule has 0 heterocycles. The summed E-state index contributed by atoms with van der Waals surface area (Å²) < 4.78 is 5.26. The van der Waals surface area contributed by atoms with Crippen LogP contribution in [-0.2, 0) is 22.5 Å². The lowest BCUT2D eigenvalue weighted by atomic mass is 10.1. The maximum Gasteiger partial charge on any atom is 0.249 e. The molecule has 2 rings (SSSR count). The molecule has 4 nitrogen and oxygen atoms in total. The van der Waals surface area contributed by atoms with Crippen molar-refractivity contribution in [3.63, 3.8) is 0 Å². The van der Waals surface area contributed by atoms with E-state index in [0.717, 1.165) is 19.3 Å². The van der Waals surface area contributed by atoms with Crippen molar-refractivity contribution in [3.05, 3.63) is 35.4 Å². The Morgan fingerprint density at radius 3 is 2.50 bits per heavy atom. The van der Waals surface area contributed by atoms with Gasteiger partial charge in [-0.3, -0.25) is 4.79 Å². The van der Waals surface area contributed by atoms with Crippen molar-refractivity contribution in [2.75, 3.05) is 19.8 Å². The minimum atomic E-state index is 0.0699. The highest BCUT2D eigenvalue weighted by molar-refractivity contribution is 5.78. The smallest absolute Gasteiger partial charge is 0.249 e. The Hall–Kier alpha value is -1.39. The van der Waals surface area contributed by atoms with Crippen molar-refractivity contribution in [2.45, 2.75) is 38.8 Å². The van der Waals surface area contributed by atoms with Gasteiger partial charge in [0.25, 0.3) is 0 Å². The normalized spacial score (nSPS) is 14.3. The van der Waals surface area contributed by atoms with Gasteiger partial charge in [-0.25, -0.2) is 0 Å². The van der Waals surface area contributed by atoms with Gasteiger partial charge in [-0.15, -0.1) is 0 Å². The average molecular weight is 276 g/mol. The lowest BCUT2D eigenvalue weighted by molar-refractivity contribution is -0.137. The number of benzene rings is 1. The van der Waals surface area contributed by atoms with Crippen LogP contribution in [0.5, 0.6) is 0 Å². The molecule has 2 N–H and O–H groups in total. The SMILES string of the molecule is CCc1ccc(CN(C(=O)COCCN)C2CC2)cc1. The number of nitrogens with zero attached hydrogens (tertiary/aromatic N) is 1. The van der Waals surface area contributed by atoms with Crippen LogP contribution in [0, 0.1) is 0 Å². The molecular formula is C16H24N2O2. The summed E-state index contributed by atoms with van der Waals surface area (Å²) in [6.45, 7) is 3.86. The summed E-state index contributed by atoms with van der Waals surface area (Å²) in [5.74, 6) is 0.0699. The van der Waals surface area contributed by atoms with Crippen LogP contribution in [0.3, 0.4) is 0 Å². The molecule has 0 aliphatic heterocycles. The zero-order chi connectivity index (χ0) is 14.4. The quantitative estimate of drug-likeness (QED) is 0.736. The molecule has 0 aromatic heterocycles. The number of carbonyl (C=O) groups is 1. The molecule has 0 atom stereocenters. The van der Waals surface area contributed by atoms with Gasteiger partial charge in [0.15, 0.2) is 0 Å². The van der Waals surface area contributed by atoms with E-state index in [2.05, 4.69) is 31.2 Å². The molecule has 0 radical (unpaired) electrons. The van der Waals surface area contributed by atoms with Crippen LogP contribution in [0.4, 0.5) is 0 Å². The predicted octanol–water partition coefficient (Wildman–Crippen LogP) is 1.72. The second-order valence-corrected chi connectivity index (χ2v) is 5.26. The fourth-order valence-electron chi connectivity index (χ4n) is 2.21. The highest BCUT2D eigenvalue weighted by Crippen LogP contribution is 2.28. The van der Waals surface area contributed by atoms with Gasteiger partial charge in [0.1, 0.15) is 6.61 Å². The number of hydrogen-bond acceptors (Lipinski definition) is 3. The summed E-state index contributed by atoms with van der Waals surface area (Å²) in [5.41, 5.74) is 7.87. The van der Waals surface area contributed by atoms with Gasteiger partial charge in [-0.05, 0) is 30.4 Å². The fourth-order valence-corrected chi connectivity index (χ4v) is 2.21. The van der Waals surface area contributed by atoms with Gasteiger partial charge in [0, 0.05) is 19.1 Å². The molecule has 0 saturated heterocycles. The van der Waals surface area contributed by atoms with E-state index in [-0.39, 0.29) is 12.5 Å². The minimum absolute atomic E-state index is 0.0699. The Balaban J connectivity index is 1.92. The van der Waals surface area contributed by atoms with Crippen LogP contribution in [0.2, 0.25) is 0 Å². The van der Waals surface area contributed by atoms with Crippen LogP contribution in [0.1, 0.15) is 30.9 Å². The second kappa shape index (κ2) is 7.41. The van der Waals surface area contributed by atoms with Crippen molar-refractivity contribution in [3.8, 4) is 0 Å². The Bertz CT molecular complexity index is 427. The average Bonchev–Trinajstić information content (AvgIpc) is 3.30. The molecular weight excluding hydrogens is 252 g/mol. The second-order valence-electron chi connectivity index (χ2n) is 5.26. The predicted molar refractivity (Wildman–Crippen MR) is 79.3 cm³/mol. The number of amides is 1. The highest BCUT2D eigenvalue weighted by Gasteiger charge is 2.32. The lowest BCUT2D eigenvalue weighted by Crippen LogP contribution is -2.35. The van der Waals surface area contributed by atoms with Crippen molar-refractivity contribution < 1.29 is 9.53 Å². The first kappa shape index (κ1) is 15.0. The van der Waals surface area contributed by atoms with E-state index < -0.39 is 0 Å². The van der Waals surface area contributed by atoms with E-state index in [4.69, 9.17) is 10.5 Å². The number of aryl methyl sites for hydroxylation is 1. The topological polar surface area (TPSA) is 55.6 Å². The van der Waals surface area contributed by atoms with Crippen LogP contribution in [0.15, 0.2) is 24.3 Å². The van der Waals surface area contributed by atoms with Gasteiger partial charge in [0.05, 0.1) is 6.61 Å². The molecule has 1 aromatic rings. The standard InChI is InChI=1S/C16H24N2O2/c1-2-13-3-5-14(6-4-13)11-18(15-7-8-15)16(19)12-20-10-9-17/h3-6,15H,2,7-12,17H2,1H3. The van der Waals surface area contributed by atoms with Crippen LogP contribution < -0.4 is 5.73 Å². The molecule has 20 heavy (non-hydrogen) atoms. The first-order valence-electron chi connectivity index (χ1n) is 7.39. The molecule has 110 valence electrons. The van der Waals surface area contributed by atoms with Gasteiger partial charge in [0.2, 0.25) is 5.91 Å². The van der Waals surface area contributed by atoms with E-state index in [1.807, 2.05) is 4.90 Å². The maximum atomic E-state index is 12.2. The fraction of sp³-hybridized carbons (Fsp3) is 0.562. The number of rotatable bonds is 8. The molecule has 1 saturated carbocycles. The van der Waals surface area contributed by atoms with Crippen molar-refractivity contribution in [2.24, 2.45) is 5.73 Å². The van der Waals surface area contributed by atoms with Gasteiger partial charge in [-0.2, -0.15) is 0 Å². The number of hydrogen-bond donors (Lipinski definition) is 1. The third-order valence-electron chi connectivity index (χ3n) is 3.58. The Morgan fingerprint density at radius 1 is 1.30 bits per heavy atom. The van der Waals surface area contributed by atoms with E-state index >= 15 is 0 Å². The summed E-state index contributed by atoms with van der Waals surface area (Å²) in [7, 11) is 0. The summed E-state index contributed by atoms with van der Waals surface area (Å²) in [4.78, 5) is 14.1. The van der Waals surface area contributed by atoms with Gasteiger partial charge < -0.3 is 15.4 Å². The molecule has 1 aliphatic carbocycles. The van der Waals surface area contributed by atoms with Gasteiger partial charge in [-0.1, -0.05) is 31.2 Å².